The number of ether oxygens (including phenoxy) is 2. The lowest BCUT2D eigenvalue weighted by atomic mass is 10.1. The maximum atomic E-state index is 11.3. The van der Waals surface area contributed by atoms with E-state index in [0.29, 0.717) is 22.8 Å². The summed E-state index contributed by atoms with van der Waals surface area (Å²) in [6.07, 6.45) is 7.60. The van der Waals surface area contributed by atoms with Gasteiger partial charge in [-0.3, -0.25) is 10.1 Å². The van der Waals surface area contributed by atoms with Gasteiger partial charge in [0.2, 0.25) is 0 Å². The predicted octanol–water partition coefficient (Wildman–Crippen LogP) is 3.05. The van der Waals surface area contributed by atoms with E-state index in [9.17, 15) is 14.9 Å². The quantitative estimate of drug-likeness (QED) is 0.266. The number of carbonyl (C=O) groups is 1. The lowest BCUT2D eigenvalue weighted by molar-refractivity contribution is -0.384. The number of hydrogen-bond donors (Lipinski definition) is 0. The molecule has 24 heavy (non-hydrogen) atoms. The molecule has 0 spiro atoms. The second-order valence-corrected chi connectivity index (χ2v) is 4.49. The molecule has 0 aliphatic carbocycles. The maximum absolute atomic E-state index is 11.3. The number of non-ortho nitro benzene ring substituents is 1. The summed E-state index contributed by atoms with van der Waals surface area (Å²) in [4.78, 5) is 21.6. The molecule has 1 aromatic carbocycles. The molecule has 0 aliphatic heterocycles. The Morgan fingerprint density at radius 1 is 1.42 bits per heavy atom. The molecule has 0 N–H and O–H groups in total. The number of hydrogen-bond acceptors (Lipinski definition) is 6. The van der Waals surface area contributed by atoms with Crippen LogP contribution in [0.5, 0.6) is 5.75 Å². The van der Waals surface area contributed by atoms with E-state index in [1.807, 2.05) is 0 Å². The Morgan fingerprint density at radius 3 is 2.88 bits per heavy atom. The van der Waals surface area contributed by atoms with Crippen molar-refractivity contribution in [3.05, 3.63) is 52.3 Å². The Kier molecular flexibility index (Phi) is 5.36. The molecule has 0 bridgehead atoms. The van der Waals surface area contributed by atoms with Crippen LogP contribution in [-0.4, -0.2) is 24.6 Å². The van der Waals surface area contributed by atoms with Crippen LogP contribution in [0.4, 0.5) is 5.69 Å². The van der Waals surface area contributed by atoms with Crippen LogP contribution in [0, 0.1) is 22.5 Å². The van der Waals surface area contributed by atoms with Crippen LogP contribution in [0.2, 0.25) is 0 Å². The smallest absolute Gasteiger partial charge is 0.331 e. The topological polar surface area (TPSA) is 91.8 Å². The van der Waals surface area contributed by atoms with Crippen LogP contribution >= 0.6 is 0 Å². The first-order valence-electron chi connectivity index (χ1n) is 6.76. The lowest BCUT2D eigenvalue weighted by Gasteiger charge is -2.05. The molecule has 0 aliphatic rings. The third kappa shape index (κ3) is 4.01. The van der Waals surface area contributed by atoms with Gasteiger partial charge in [0.15, 0.2) is 6.61 Å². The molecule has 0 atom stereocenters. The van der Waals surface area contributed by atoms with Crippen molar-refractivity contribution < 1.29 is 23.6 Å². The minimum Gasteiger partial charge on any atom is -0.496 e. The summed E-state index contributed by atoms with van der Waals surface area (Å²) in [6.45, 7) is -0.105. The minimum atomic E-state index is -0.584. The SMILES string of the molecule is C#CCOC(=O)/C=C/c1ccc(-c2ccc([N+](=O)[O-])cc2OC)o1. The van der Waals surface area contributed by atoms with Crippen LogP contribution in [0.25, 0.3) is 17.4 Å². The monoisotopic (exact) mass is 327 g/mol. The number of esters is 1. The van der Waals surface area contributed by atoms with Gasteiger partial charge >= 0.3 is 5.97 Å². The standard InChI is InChI=1S/C17H13NO6/c1-3-10-23-17(19)9-6-13-5-8-15(24-13)14-7-4-12(18(20)21)11-16(14)22-2/h1,4-9,11H,10H2,2H3/b9-6+. The van der Waals surface area contributed by atoms with Crippen molar-refractivity contribution in [2.45, 2.75) is 0 Å². The molecular formula is C17H13NO6. The summed E-state index contributed by atoms with van der Waals surface area (Å²) < 4.78 is 15.4. The van der Waals surface area contributed by atoms with E-state index in [0.717, 1.165) is 0 Å². The van der Waals surface area contributed by atoms with Crippen LogP contribution < -0.4 is 4.74 Å². The fraction of sp³-hybridized carbons (Fsp3) is 0.118. The minimum absolute atomic E-state index is 0.0847. The first kappa shape index (κ1) is 16.8. The Morgan fingerprint density at radius 2 is 2.21 bits per heavy atom. The molecule has 1 heterocycles. The zero-order valence-corrected chi connectivity index (χ0v) is 12.7. The van der Waals surface area contributed by atoms with Crippen molar-refractivity contribution in [1.82, 2.24) is 0 Å². The number of terminal acetylenes is 1. The molecule has 7 heteroatoms. The van der Waals surface area contributed by atoms with Crippen LogP contribution in [0.15, 0.2) is 40.8 Å². The van der Waals surface area contributed by atoms with Gasteiger partial charge < -0.3 is 13.9 Å². The van der Waals surface area contributed by atoms with Crippen molar-refractivity contribution >= 4 is 17.7 Å². The average molecular weight is 327 g/mol. The predicted molar refractivity (Wildman–Crippen MR) is 86.2 cm³/mol. The summed E-state index contributed by atoms with van der Waals surface area (Å²) in [5, 5.41) is 10.8. The number of nitro groups is 1. The van der Waals surface area contributed by atoms with Crippen molar-refractivity contribution in [3.8, 4) is 29.4 Å². The lowest BCUT2D eigenvalue weighted by Crippen LogP contribution is -1.99. The highest BCUT2D eigenvalue weighted by Crippen LogP contribution is 2.34. The van der Waals surface area contributed by atoms with Gasteiger partial charge in [0.25, 0.3) is 5.69 Å². The van der Waals surface area contributed by atoms with Crippen LogP contribution in [-0.2, 0) is 9.53 Å². The highest BCUT2D eigenvalue weighted by molar-refractivity contribution is 5.86. The van der Waals surface area contributed by atoms with Gasteiger partial charge in [-0.25, -0.2) is 4.79 Å². The van der Waals surface area contributed by atoms with E-state index < -0.39 is 10.9 Å². The van der Waals surface area contributed by atoms with Gasteiger partial charge in [-0.2, -0.15) is 0 Å². The zero-order chi connectivity index (χ0) is 17.5. The van der Waals surface area contributed by atoms with Crippen molar-refractivity contribution in [1.29, 1.82) is 0 Å². The fourth-order valence-electron chi connectivity index (χ4n) is 1.90. The summed E-state index contributed by atoms with van der Waals surface area (Å²) in [5.41, 5.74) is 0.469. The van der Waals surface area contributed by atoms with E-state index in [-0.39, 0.29) is 12.3 Å². The average Bonchev–Trinajstić information content (AvgIpc) is 3.06. The molecule has 122 valence electrons. The van der Waals surface area contributed by atoms with Gasteiger partial charge in [0.05, 0.1) is 23.7 Å². The van der Waals surface area contributed by atoms with Crippen molar-refractivity contribution in [3.63, 3.8) is 0 Å². The Labute approximate surface area is 137 Å². The number of benzene rings is 1. The Bertz CT molecular complexity index is 828. The fourth-order valence-corrected chi connectivity index (χ4v) is 1.90. The van der Waals surface area contributed by atoms with Gasteiger partial charge in [-0.05, 0) is 24.3 Å². The maximum Gasteiger partial charge on any atom is 0.331 e. The number of nitro benzene ring substituents is 1. The summed E-state index contributed by atoms with van der Waals surface area (Å²) in [6, 6.07) is 7.50. The normalized spacial score (nSPS) is 10.3. The van der Waals surface area contributed by atoms with E-state index in [2.05, 4.69) is 10.7 Å². The number of methoxy groups -OCH3 is 1. The van der Waals surface area contributed by atoms with Gasteiger partial charge in [-0.1, -0.05) is 5.92 Å². The zero-order valence-electron chi connectivity index (χ0n) is 12.7. The molecular weight excluding hydrogens is 314 g/mol. The summed E-state index contributed by atoms with van der Waals surface area (Å²) in [5.74, 6) is 2.76. The first-order valence-corrected chi connectivity index (χ1v) is 6.76. The van der Waals surface area contributed by atoms with E-state index >= 15 is 0 Å². The molecule has 0 saturated heterocycles. The molecule has 7 nitrogen and oxygen atoms in total. The van der Waals surface area contributed by atoms with Crippen molar-refractivity contribution in [2.75, 3.05) is 13.7 Å². The molecule has 0 unspecified atom stereocenters. The third-order valence-corrected chi connectivity index (χ3v) is 2.97. The summed E-state index contributed by atoms with van der Waals surface area (Å²) >= 11 is 0. The molecule has 2 aromatic rings. The molecule has 0 saturated carbocycles. The second kappa shape index (κ2) is 7.65. The molecule has 0 radical (unpaired) electrons. The largest absolute Gasteiger partial charge is 0.496 e. The van der Waals surface area contributed by atoms with E-state index in [1.54, 1.807) is 12.1 Å². The van der Waals surface area contributed by atoms with Gasteiger partial charge in [0.1, 0.15) is 17.3 Å². The highest BCUT2D eigenvalue weighted by atomic mass is 16.6. The highest BCUT2D eigenvalue weighted by Gasteiger charge is 2.15. The van der Waals surface area contributed by atoms with E-state index in [4.69, 9.17) is 15.6 Å². The van der Waals surface area contributed by atoms with Crippen LogP contribution in [0.3, 0.4) is 0 Å². The first-order chi connectivity index (χ1) is 11.5. The van der Waals surface area contributed by atoms with Gasteiger partial charge in [-0.15, -0.1) is 6.42 Å². The Hall–Kier alpha value is -3.53. The van der Waals surface area contributed by atoms with E-state index in [1.165, 1.54) is 37.5 Å². The Balaban J connectivity index is 2.22. The number of furan rings is 1. The van der Waals surface area contributed by atoms with Crippen molar-refractivity contribution in [2.24, 2.45) is 0 Å². The third-order valence-electron chi connectivity index (χ3n) is 2.97. The number of rotatable bonds is 6. The number of carbonyl (C=O) groups excluding carboxylic acids is 1. The molecule has 0 amide bonds. The molecule has 2 rings (SSSR count). The van der Waals surface area contributed by atoms with Crippen LogP contribution in [0.1, 0.15) is 5.76 Å². The molecule has 0 fully saturated rings. The van der Waals surface area contributed by atoms with Gasteiger partial charge in [0, 0.05) is 12.1 Å². The second-order valence-electron chi connectivity index (χ2n) is 4.49. The molecule has 1 aromatic heterocycles. The summed E-state index contributed by atoms with van der Waals surface area (Å²) in [7, 11) is 1.41. The number of nitrogens with zero attached hydrogens (tertiary/aromatic N) is 1.